The minimum absolute atomic E-state index is 0.0977. The van der Waals surface area contributed by atoms with Gasteiger partial charge in [0.25, 0.3) is 0 Å². The molecule has 45 heavy (non-hydrogen) atoms. The number of nitrogens with two attached hydrogens (primary N) is 1. The molecular formula is C27H55N4O10PS3. The number of rotatable bonds is 23. The van der Waals surface area contributed by atoms with Gasteiger partial charge >= 0.3 is 13.7 Å². The number of nitrogens with zero attached hydrogens (tertiary/aromatic N) is 1. The van der Waals surface area contributed by atoms with Crippen molar-refractivity contribution in [2.24, 2.45) is 11.1 Å². The molecule has 0 aromatic rings. The number of carbonyl (C=O) groups excluding carboxylic acids is 4. The molecular weight excluding hydrogens is 667 g/mol. The Labute approximate surface area is 283 Å². The summed E-state index contributed by atoms with van der Waals surface area (Å²) in [7, 11) is 0.317. The van der Waals surface area contributed by atoms with E-state index in [0.29, 0.717) is 13.0 Å². The Morgan fingerprint density at radius 1 is 1.11 bits per heavy atom. The Hall–Kier alpha value is -1.14. The molecule has 3 unspecified atom stereocenters. The van der Waals surface area contributed by atoms with E-state index < -0.39 is 31.3 Å². The van der Waals surface area contributed by atoms with Crippen LogP contribution in [0.4, 0.5) is 0 Å². The van der Waals surface area contributed by atoms with Crippen LogP contribution in [0.25, 0.3) is 0 Å². The van der Waals surface area contributed by atoms with Gasteiger partial charge in [0.1, 0.15) is 6.04 Å². The van der Waals surface area contributed by atoms with Crippen LogP contribution in [0.15, 0.2) is 12.3 Å². The van der Waals surface area contributed by atoms with Crippen molar-refractivity contribution >= 4 is 66.2 Å². The fraction of sp³-hybridized carbons (Fsp3) is 0.778. The van der Waals surface area contributed by atoms with E-state index in [9.17, 15) is 23.7 Å². The van der Waals surface area contributed by atoms with E-state index >= 15 is 0 Å². The predicted octanol–water partition coefficient (Wildman–Crippen LogP) is 3.23. The summed E-state index contributed by atoms with van der Waals surface area (Å²) in [6.45, 7) is 11.1. The third-order valence-electron chi connectivity index (χ3n) is 5.27. The highest BCUT2D eigenvalue weighted by atomic mass is 33.1. The van der Waals surface area contributed by atoms with Crippen molar-refractivity contribution in [1.29, 1.82) is 0 Å². The first-order valence-corrected chi connectivity index (χ1v) is 18.4. The van der Waals surface area contributed by atoms with Gasteiger partial charge in [-0.25, -0.2) is 9.65 Å². The highest BCUT2D eigenvalue weighted by molar-refractivity contribution is 8.59. The second kappa shape index (κ2) is 29.0. The number of esters is 1. The third-order valence-corrected chi connectivity index (χ3v) is 8.17. The van der Waals surface area contributed by atoms with E-state index in [1.54, 1.807) is 27.7 Å². The number of hydrogen-bond donors (Lipinski definition) is 5. The summed E-state index contributed by atoms with van der Waals surface area (Å²) < 4.78 is 40.9. The Morgan fingerprint density at radius 2 is 1.73 bits per heavy atom. The summed E-state index contributed by atoms with van der Waals surface area (Å²) in [6.07, 6.45) is 3.23. The summed E-state index contributed by atoms with van der Waals surface area (Å²) in [6, 6.07) is -1.02. The van der Waals surface area contributed by atoms with Crippen LogP contribution in [-0.2, 0) is 47.0 Å². The number of hydrogen-bond acceptors (Lipinski definition) is 14. The Balaban J connectivity index is -0.00000422. The third kappa shape index (κ3) is 24.7. The molecule has 0 aliphatic carbocycles. The zero-order valence-electron chi connectivity index (χ0n) is 28.0. The smallest absolute Gasteiger partial charge is 0.406 e. The van der Waals surface area contributed by atoms with Gasteiger partial charge in [0.15, 0.2) is 5.12 Å². The topological polar surface area (TPSA) is 185 Å². The fourth-order valence-corrected chi connectivity index (χ4v) is 5.33. The van der Waals surface area contributed by atoms with E-state index in [-0.39, 0.29) is 55.7 Å². The quantitative estimate of drug-likeness (QED) is 0.0197. The first kappa shape index (κ1) is 48.3. The van der Waals surface area contributed by atoms with Crippen molar-refractivity contribution in [2.75, 3.05) is 59.9 Å². The molecule has 0 aliphatic rings. The van der Waals surface area contributed by atoms with Crippen LogP contribution in [0.3, 0.4) is 0 Å². The number of nitrogens with one attached hydrogen (secondary N) is 2. The number of thiol groups is 2. The molecule has 0 aromatic heterocycles. The molecule has 18 heteroatoms. The normalized spacial score (nSPS) is 13.8. The molecule has 0 fully saturated rings. The van der Waals surface area contributed by atoms with Gasteiger partial charge in [-0.2, -0.15) is 0 Å². The second-order valence-electron chi connectivity index (χ2n) is 9.95. The van der Waals surface area contributed by atoms with Gasteiger partial charge in [0, 0.05) is 45.3 Å². The maximum atomic E-state index is 13.6. The largest absolute Gasteiger partial charge is 0.462 e. The number of carbonyl (C=O) groups is 4. The standard InChI is InChI=1S/C26H48N3O10PS.CH5N.H2S2/c1-9-14-36-18-26(5,6)25(33)41-16-15-37-40(34,28-21(4)24(32)39-20(2)3)38-17-22(35-8)10-12-29(19-30)13-11-23(31)27-7;2*1-2/h11,13,19-22H,9-10,12,14-18H2,1-8H3,(H,27,31)(H,28,34);2H2,1H3;1-2H/b13-11-;;. The van der Waals surface area contributed by atoms with E-state index in [1.807, 2.05) is 6.92 Å². The highest BCUT2D eigenvalue weighted by Crippen LogP contribution is 2.45. The van der Waals surface area contributed by atoms with Gasteiger partial charge in [-0.3, -0.25) is 28.2 Å². The lowest BCUT2D eigenvalue weighted by Crippen LogP contribution is -2.36. The molecule has 2 amide bonds. The molecule has 266 valence electrons. The van der Waals surface area contributed by atoms with Crippen molar-refractivity contribution in [3.63, 3.8) is 0 Å². The van der Waals surface area contributed by atoms with E-state index in [0.717, 1.165) is 18.2 Å². The first-order valence-electron chi connectivity index (χ1n) is 14.3. The van der Waals surface area contributed by atoms with Crippen LogP contribution < -0.4 is 16.1 Å². The van der Waals surface area contributed by atoms with Crippen molar-refractivity contribution in [1.82, 2.24) is 15.3 Å². The summed E-state index contributed by atoms with van der Waals surface area (Å²) in [5.41, 5.74) is 3.80. The lowest BCUT2D eigenvalue weighted by molar-refractivity contribution is -0.149. The minimum Gasteiger partial charge on any atom is -0.462 e. The predicted molar refractivity (Wildman–Crippen MR) is 185 cm³/mol. The summed E-state index contributed by atoms with van der Waals surface area (Å²) in [5.74, 6) is -0.820. The summed E-state index contributed by atoms with van der Waals surface area (Å²) in [5, 5.41) is 4.90. The number of amides is 2. The Kier molecular flexibility index (Phi) is 31.1. The fourth-order valence-electron chi connectivity index (χ4n) is 2.91. The number of likely N-dealkylation sites (N-methyl/N-ethyl adjacent to an activating group) is 1. The average molecular weight is 723 g/mol. The molecule has 0 aromatic carbocycles. The molecule has 0 aliphatic heterocycles. The molecule has 14 nitrogen and oxygen atoms in total. The van der Waals surface area contributed by atoms with Gasteiger partial charge in [0.05, 0.1) is 37.4 Å². The summed E-state index contributed by atoms with van der Waals surface area (Å²) >= 11 is 7.47. The van der Waals surface area contributed by atoms with Gasteiger partial charge in [-0.15, -0.1) is 23.3 Å². The first-order chi connectivity index (χ1) is 21.2. The Morgan fingerprint density at radius 3 is 2.24 bits per heavy atom. The molecule has 0 saturated carbocycles. The van der Waals surface area contributed by atoms with E-state index in [2.05, 4.69) is 39.5 Å². The van der Waals surface area contributed by atoms with Crippen LogP contribution >= 0.6 is 42.8 Å². The van der Waals surface area contributed by atoms with Crippen LogP contribution in [0.2, 0.25) is 0 Å². The molecule has 0 rings (SSSR count). The molecule has 0 spiro atoms. The lowest BCUT2D eigenvalue weighted by atomic mass is 9.97. The maximum Gasteiger partial charge on any atom is 0.406 e. The lowest BCUT2D eigenvalue weighted by Gasteiger charge is -2.25. The van der Waals surface area contributed by atoms with Crippen LogP contribution in [-0.4, -0.2) is 106 Å². The molecule has 0 heterocycles. The molecule has 0 radical (unpaired) electrons. The van der Waals surface area contributed by atoms with Crippen LogP contribution in [0, 0.1) is 5.41 Å². The van der Waals surface area contributed by atoms with Gasteiger partial charge in [-0.05, 0) is 54.5 Å². The molecule has 0 bridgehead atoms. The van der Waals surface area contributed by atoms with Crippen LogP contribution in [0.1, 0.15) is 54.4 Å². The van der Waals surface area contributed by atoms with Crippen molar-refractivity contribution in [3.8, 4) is 0 Å². The van der Waals surface area contributed by atoms with E-state index in [4.69, 9.17) is 23.3 Å². The zero-order valence-corrected chi connectivity index (χ0v) is 31.5. The number of methoxy groups -OCH3 is 1. The van der Waals surface area contributed by atoms with Gasteiger partial charge in [-0.1, -0.05) is 18.7 Å². The highest BCUT2D eigenvalue weighted by Gasteiger charge is 2.33. The minimum atomic E-state index is -4.08. The number of thioether (sulfide) groups is 1. The van der Waals surface area contributed by atoms with Gasteiger partial charge in [0.2, 0.25) is 12.3 Å². The molecule has 0 saturated heterocycles. The molecule has 3 atom stereocenters. The van der Waals surface area contributed by atoms with Crippen molar-refractivity contribution in [2.45, 2.75) is 72.6 Å². The number of ether oxygens (including phenoxy) is 3. The van der Waals surface area contributed by atoms with Gasteiger partial charge < -0.3 is 30.2 Å². The van der Waals surface area contributed by atoms with Crippen molar-refractivity contribution < 1.29 is 47.0 Å². The zero-order chi connectivity index (χ0) is 35.5. The SMILES string of the molecule is CCCOCC(C)(C)C(=O)SCCOP(=O)(NC(C)C(=O)OC(C)C)OCC(CCN(C=O)/C=C\C(=O)NC)OC.CN.SS. The average Bonchev–Trinajstić information content (AvgIpc) is 3.02. The van der Waals surface area contributed by atoms with E-state index in [1.165, 1.54) is 45.3 Å². The monoisotopic (exact) mass is 722 g/mol. The Bertz CT molecular complexity index is 901. The molecule has 4 N–H and O–H groups in total. The maximum absolute atomic E-state index is 13.6. The van der Waals surface area contributed by atoms with Crippen LogP contribution in [0.5, 0.6) is 0 Å². The van der Waals surface area contributed by atoms with Crippen molar-refractivity contribution in [3.05, 3.63) is 12.3 Å². The second-order valence-corrected chi connectivity index (χ2v) is 12.8. The summed E-state index contributed by atoms with van der Waals surface area (Å²) in [4.78, 5) is 48.9.